The molecule has 0 unspecified atom stereocenters. The van der Waals surface area contributed by atoms with E-state index in [1.54, 1.807) is 0 Å². The van der Waals surface area contributed by atoms with Crippen molar-refractivity contribution in [2.45, 2.75) is 61.1 Å². The van der Waals surface area contributed by atoms with Crippen LogP contribution in [0.3, 0.4) is 0 Å². The fourth-order valence-corrected chi connectivity index (χ4v) is 11.1. The van der Waals surface area contributed by atoms with Gasteiger partial charge < -0.3 is 29.2 Å². The summed E-state index contributed by atoms with van der Waals surface area (Å²) in [6, 6.07) is 20.0. The van der Waals surface area contributed by atoms with Gasteiger partial charge in [-0.3, -0.25) is 0 Å². The average Bonchev–Trinajstić information content (AvgIpc) is 4.11. The van der Waals surface area contributed by atoms with Crippen molar-refractivity contribution in [3.8, 4) is 22.8 Å². The maximum Gasteiger partial charge on any atom is 0.162 e. The summed E-state index contributed by atoms with van der Waals surface area (Å²) in [5.74, 6) is 2.67. The quantitative estimate of drug-likeness (QED) is 0.190. The second kappa shape index (κ2) is 14.4. The molecule has 4 aromatic heterocycles. The molecule has 2 aliphatic heterocycles. The van der Waals surface area contributed by atoms with Crippen LogP contribution in [0.5, 0.6) is 0 Å². The number of hydrogen-bond donors (Lipinski definition) is 2. The summed E-state index contributed by atoms with van der Waals surface area (Å²) in [5.41, 5.74) is 5.01. The van der Waals surface area contributed by atoms with Gasteiger partial charge in [0.25, 0.3) is 0 Å². The smallest absolute Gasteiger partial charge is 0.162 e. The van der Waals surface area contributed by atoms with E-state index in [1.165, 1.54) is 12.5 Å². The zero-order chi connectivity index (χ0) is 40.5. The molecule has 2 saturated carbocycles. The van der Waals surface area contributed by atoms with Crippen molar-refractivity contribution in [1.82, 2.24) is 29.9 Å². The highest BCUT2D eigenvalue weighted by molar-refractivity contribution is 7.92. The van der Waals surface area contributed by atoms with Crippen LogP contribution in [0.1, 0.15) is 50.9 Å². The Balaban J connectivity index is 0.000000150. The third-order valence-corrected chi connectivity index (χ3v) is 16.3. The summed E-state index contributed by atoms with van der Waals surface area (Å²) in [6.07, 6.45) is 8.83. The molecule has 4 aliphatic rings. The number of benzene rings is 2. The summed E-state index contributed by atoms with van der Waals surface area (Å²) in [6.45, 7) is 8.13. The van der Waals surface area contributed by atoms with Gasteiger partial charge >= 0.3 is 0 Å². The van der Waals surface area contributed by atoms with Gasteiger partial charge in [-0.15, -0.1) is 0 Å². The van der Waals surface area contributed by atoms with Crippen molar-refractivity contribution in [3.63, 3.8) is 0 Å². The van der Waals surface area contributed by atoms with E-state index < -0.39 is 29.2 Å². The number of rotatable bonds is 8. The molecule has 14 nitrogen and oxygen atoms in total. The molecule has 2 atom stereocenters. The zero-order valence-corrected chi connectivity index (χ0v) is 34.7. The average molecular weight is 825 g/mol. The minimum Gasteiger partial charge on any atom is -0.377 e. The van der Waals surface area contributed by atoms with Crippen LogP contribution in [0, 0.1) is 0 Å². The molecule has 6 aromatic rings. The Morgan fingerprint density at radius 2 is 1.03 bits per heavy atom. The first-order valence-electron chi connectivity index (χ1n) is 19.8. The van der Waals surface area contributed by atoms with Gasteiger partial charge in [0.05, 0.1) is 49.9 Å². The van der Waals surface area contributed by atoms with Crippen LogP contribution in [0.2, 0.25) is 0 Å². The number of sulfone groups is 2. The molecule has 0 bridgehead atoms. The highest BCUT2D eigenvalue weighted by atomic mass is 32.2. The molecule has 58 heavy (non-hydrogen) atoms. The summed E-state index contributed by atoms with van der Waals surface area (Å²) >= 11 is 0. The molecule has 2 N–H and O–H groups in total. The number of aromatic amines is 2. The lowest BCUT2D eigenvalue weighted by atomic mass is 10.1. The number of anilines is 2. The van der Waals surface area contributed by atoms with Gasteiger partial charge in [0, 0.05) is 83.1 Å². The lowest BCUT2D eigenvalue weighted by Gasteiger charge is -2.34. The Kier molecular flexibility index (Phi) is 9.61. The SMILES string of the molecule is C[C@@H]1COCCN1c1cc(C2(S(C)(=O)=O)CC2)nc(-c2cccc3[nH]ccc23)n1.C[C@@H]1COCCN1c1cc(C2(S(C)(=O)=O)CC2)nc(-c2cccc3[nH]ccc23)n1. The molecule has 4 fully saturated rings. The molecule has 2 saturated heterocycles. The first-order valence-corrected chi connectivity index (χ1v) is 23.6. The van der Waals surface area contributed by atoms with Crippen LogP contribution in [0.4, 0.5) is 11.6 Å². The number of hydrogen-bond acceptors (Lipinski definition) is 12. The van der Waals surface area contributed by atoms with E-state index in [1.807, 2.05) is 73.1 Å². The van der Waals surface area contributed by atoms with Crippen LogP contribution in [-0.4, -0.2) is 111 Å². The maximum absolute atomic E-state index is 12.6. The number of nitrogens with zero attached hydrogens (tertiary/aromatic N) is 6. The Hall–Kier alpha value is -4.90. The van der Waals surface area contributed by atoms with Crippen molar-refractivity contribution < 1.29 is 26.3 Å². The van der Waals surface area contributed by atoms with Crippen LogP contribution >= 0.6 is 0 Å². The maximum atomic E-state index is 12.6. The summed E-state index contributed by atoms with van der Waals surface area (Å²) in [4.78, 5) is 30.2. The Morgan fingerprint density at radius 1 is 0.621 bits per heavy atom. The molecular weight excluding hydrogens is 777 g/mol. The second-order valence-electron chi connectivity index (χ2n) is 16.1. The van der Waals surface area contributed by atoms with Gasteiger partial charge in [0.15, 0.2) is 31.3 Å². The Bertz CT molecular complexity index is 2550. The zero-order valence-electron chi connectivity index (χ0n) is 33.1. The van der Waals surface area contributed by atoms with Gasteiger partial charge in [0.2, 0.25) is 0 Å². The highest BCUT2D eigenvalue weighted by Gasteiger charge is 2.56. The van der Waals surface area contributed by atoms with E-state index in [2.05, 4.69) is 33.6 Å². The van der Waals surface area contributed by atoms with Gasteiger partial charge in [-0.05, 0) is 63.8 Å². The van der Waals surface area contributed by atoms with Gasteiger partial charge in [-0.2, -0.15) is 0 Å². The summed E-state index contributed by atoms with van der Waals surface area (Å²) in [7, 11) is -6.55. The predicted octanol–water partition coefficient (Wildman–Crippen LogP) is 5.77. The van der Waals surface area contributed by atoms with Crippen molar-refractivity contribution in [3.05, 3.63) is 84.4 Å². The monoisotopic (exact) mass is 824 g/mol. The molecule has 6 heterocycles. The third kappa shape index (κ3) is 6.82. The number of fused-ring (bicyclic) bond motifs is 2. The molecule has 2 aromatic carbocycles. The van der Waals surface area contributed by atoms with Crippen molar-refractivity contribution in [1.29, 1.82) is 0 Å². The molecular formula is C42H48N8O6S2. The van der Waals surface area contributed by atoms with Gasteiger partial charge in [0.1, 0.15) is 21.1 Å². The minimum absolute atomic E-state index is 0.163. The predicted molar refractivity (Wildman–Crippen MR) is 225 cm³/mol. The fourth-order valence-electron chi connectivity index (χ4n) is 8.43. The molecule has 2 aliphatic carbocycles. The molecule has 0 amide bonds. The normalized spacial score (nSPS) is 21.4. The largest absolute Gasteiger partial charge is 0.377 e. The van der Waals surface area contributed by atoms with E-state index in [0.29, 0.717) is 75.1 Å². The van der Waals surface area contributed by atoms with Crippen LogP contribution in [0.15, 0.2) is 73.1 Å². The Morgan fingerprint density at radius 3 is 1.40 bits per heavy atom. The molecule has 304 valence electrons. The Labute approximate surface area is 338 Å². The minimum atomic E-state index is -3.28. The highest BCUT2D eigenvalue weighted by Crippen LogP contribution is 2.53. The van der Waals surface area contributed by atoms with E-state index in [9.17, 15) is 16.8 Å². The lowest BCUT2D eigenvalue weighted by Crippen LogP contribution is -2.44. The first-order chi connectivity index (χ1) is 27.8. The van der Waals surface area contributed by atoms with E-state index in [4.69, 9.17) is 29.4 Å². The molecule has 0 radical (unpaired) electrons. The number of ether oxygens (including phenoxy) is 2. The van der Waals surface area contributed by atoms with Crippen LogP contribution in [-0.2, 0) is 38.6 Å². The summed E-state index contributed by atoms with van der Waals surface area (Å²) in [5, 5.41) is 2.05. The van der Waals surface area contributed by atoms with E-state index in [-0.39, 0.29) is 12.1 Å². The van der Waals surface area contributed by atoms with Gasteiger partial charge in [-0.1, -0.05) is 24.3 Å². The van der Waals surface area contributed by atoms with Gasteiger partial charge in [-0.25, -0.2) is 36.8 Å². The lowest BCUT2D eigenvalue weighted by molar-refractivity contribution is 0.0985. The van der Waals surface area contributed by atoms with Crippen molar-refractivity contribution >= 4 is 53.1 Å². The summed E-state index contributed by atoms with van der Waals surface area (Å²) < 4.78 is 59.7. The number of H-pyrrole nitrogens is 2. The van der Waals surface area contributed by atoms with Crippen molar-refractivity contribution in [2.75, 3.05) is 61.8 Å². The number of morpholine rings is 2. The standard InChI is InChI=1S/2C21H24N4O3S/c2*1-14-13-28-11-10-25(14)19-12-18(21(7-8-21)29(2,26)27)23-20(24-19)16-4-3-5-17-15(16)6-9-22-17/h2*3-6,9,12,14,22H,7-8,10-11,13H2,1-2H3/t2*14-/m11/s1. The van der Waals surface area contributed by atoms with Crippen LogP contribution in [0.25, 0.3) is 44.6 Å². The second-order valence-corrected chi connectivity index (χ2v) is 20.8. The number of aromatic nitrogens is 6. The third-order valence-electron chi connectivity index (χ3n) is 12.2. The topological polar surface area (TPSA) is 176 Å². The first kappa shape index (κ1) is 38.6. The van der Waals surface area contributed by atoms with E-state index in [0.717, 1.165) is 57.7 Å². The van der Waals surface area contributed by atoms with Crippen molar-refractivity contribution in [2.24, 2.45) is 0 Å². The van der Waals surface area contributed by atoms with E-state index >= 15 is 0 Å². The number of nitrogens with one attached hydrogen (secondary N) is 2. The fraction of sp³-hybridized carbons (Fsp3) is 0.429. The molecule has 16 heteroatoms. The van der Waals surface area contributed by atoms with Crippen LogP contribution < -0.4 is 9.80 Å². The molecule has 10 rings (SSSR count). The molecule has 0 spiro atoms.